The number of primary sulfonamides is 1. The van der Waals surface area contributed by atoms with Crippen LogP contribution in [-0.2, 0) is 19.6 Å². The van der Waals surface area contributed by atoms with Gasteiger partial charge in [-0.15, -0.1) is 0 Å². The fourth-order valence-corrected chi connectivity index (χ4v) is 4.15. The second-order valence-electron chi connectivity index (χ2n) is 8.01. The number of rotatable bonds is 10. The maximum Gasteiger partial charge on any atom is 0.306 e. The molecule has 0 unspecified atom stereocenters. The summed E-state index contributed by atoms with van der Waals surface area (Å²) < 4.78 is 35.5. The van der Waals surface area contributed by atoms with E-state index >= 15 is 0 Å². The second kappa shape index (κ2) is 10.7. The zero-order valence-corrected chi connectivity index (χ0v) is 20.2. The highest BCUT2D eigenvalue weighted by Crippen LogP contribution is 2.22. The van der Waals surface area contributed by atoms with Crippen LogP contribution >= 0.6 is 0 Å². The first-order valence-electron chi connectivity index (χ1n) is 10.8. The summed E-state index contributed by atoms with van der Waals surface area (Å²) in [5, 5.41) is 5.15. The van der Waals surface area contributed by atoms with Gasteiger partial charge in [0, 0.05) is 29.1 Å². The number of aromatic nitrogens is 1. The number of ketones is 1. The molecule has 3 aromatic rings. The van der Waals surface area contributed by atoms with Gasteiger partial charge in [0.2, 0.25) is 15.8 Å². The van der Waals surface area contributed by atoms with Crippen molar-refractivity contribution in [2.75, 3.05) is 13.2 Å². The van der Waals surface area contributed by atoms with E-state index in [0.717, 1.165) is 17.0 Å². The van der Waals surface area contributed by atoms with Crippen molar-refractivity contribution in [1.29, 1.82) is 0 Å². The van der Waals surface area contributed by atoms with E-state index in [2.05, 4.69) is 0 Å². The standard InChI is InChI=1S/C25H28N2O6S/c1-17-6-4-7-21(14-17)32-13-5-8-25(29)33-16-24(28)23-15-18(2)27(19(23)3)20-9-11-22(12-10-20)34(26,30)31/h4,6-7,9-12,14-15H,5,8,13,16H2,1-3H3,(H2,26,30,31). The van der Waals surface area contributed by atoms with Gasteiger partial charge in [-0.1, -0.05) is 12.1 Å². The summed E-state index contributed by atoms with van der Waals surface area (Å²) >= 11 is 0. The zero-order chi connectivity index (χ0) is 24.9. The molecule has 0 bridgehead atoms. The largest absolute Gasteiger partial charge is 0.494 e. The first-order chi connectivity index (χ1) is 16.1. The molecule has 0 atom stereocenters. The molecular weight excluding hydrogens is 456 g/mol. The highest BCUT2D eigenvalue weighted by Gasteiger charge is 2.18. The molecule has 2 aromatic carbocycles. The lowest BCUT2D eigenvalue weighted by Crippen LogP contribution is -2.15. The van der Waals surface area contributed by atoms with Gasteiger partial charge in [0.25, 0.3) is 0 Å². The van der Waals surface area contributed by atoms with Gasteiger partial charge in [-0.25, -0.2) is 13.6 Å². The van der Waals surface area contributed by atoms with E-state index < -0.39 is 16.0 Å². The predicted octanol–water partition coefficient (Wildman–Crippen LogP) is 3.64. The molecule has 0 aliphatic heterocycles. The molecular formula is C25H28N2O6S. The summed E-state index contributed by atoms with van der Waals surface area (Å²) in [4.78, 5) is 24.7. The summed E-state index contributed by atoms with van der Waals surface area (Å²) in [6.07, 6.45) is 0.624. The van der Waals surface area contributed by atoms with Crippen LogP contribution in [0.15, 0.2) is 59.5 Å². The maximum absolute atomic E-state index is 12.7. The third-order valence-electron chi connectivity index (χ3n) is 5.30. The van der Waals surface area contributed by atoms with Crippen molar-refractivity contribution < 1.29 is 27.5 Å². The topological polar surface area (TPSA) is 118 Å². The number of Topliss-reactive ketones (excluding diaryl/α,β-unsaturated/α-hetero) is 1. The molecule has 0 aliphatic rings. The van der Waals surface area contributed by atoms with Crippen molar-refractivity contribution in [2.24, 2.45) is 5.14 Å². The molecule has 0 saturated heterocycles. The fourth-order valence-electron chi connectivity index (χ4n) is 3.63. The number of sulfonamides is 1. The van der Waals surface area contributed by atoms with Crippen LogP contribution < -0.4 is 9.88 Å². The Balaban J connectivity index is 1.54. The summed E-state index contributed by atoms with van der Waals surface area (Å²) in [7, 11) is -3.79. The molecule has 180 valence electrons. The highest BCUT2D eigenvalue weighted by molar-refractivity contribution is 7.89. The van der Waals surface area contributed by atoms with Crippen molar-refractivity contribution >= 4 is 21.8 Å². The Hall–Kier alpha value is -3.43. The molecule has 3 rings (SSSR count). The zero-order valence-electron chi connectivity index (χ0n) is 19.4. The fraction of sp³-hybridized carbons (Fsp3) is 0.280. The van der Waals surface area contributed by atoms with Gasteiger partial charge in [-0.05, 0) is 75.2 Å². The Kier molecular flexibility index (Phi) is 7.90. The number of nitrogens with two attached hydrogens (primary N) is 1. The number of ether oxygens (including phenoxy) is 2. The average Bonchev–Trinajstić information content (AvgIpc) is 3.08. The van der Waals surface area contributed by atoms with Gasteiger partial charge in [0.15, 0.2) is 6.61 Å². The van der Waals surface area contributed by atoms with Gasteiger partial charge in [-0.3, -0.25) is 9.59 Å². The minimum absolute atomic E-state index is 0.00575. The molecule has 8 nitrogen and oxygen atoms in total. The van der Waals surface area contributed by atoms with Crippen LogP contribution in [0.3, 0.4) is 0 Å². The number of carbonyl (C=O) groups is 2. The normalized spacial score (nSPS) is 11.3. The van der Waals surface area contributed by atoms with Gasteiger partial charge in [0.05, 0.1) is 11.5 Å². The number of carbonyl (C=O) groups excluding carboxylic acids is 2. The SMILES string of the molecule is Cc1cccc(OCCCC(=O)OCC(=O)c2cc(C)n(-c3ccc(S(N)(=O)=O)cc3)c2C)c1. The van der Waals surface area contributed by atoms with Crippen molar-refractivity contribution in [3.8, 4) is 11.4 Å². The van der Waals surface area contributed by atoms with Crippen LogP contribution in [0.25, 0.3) is 5.69 Å². The Labute approximate surface area is 199 Å². The smallest absolute Gasteiger partial charge is 0.306 e. The maximum atomic E-state index is 12.7. The summed E-state index contributed by atoms with van der Waals surface area (Å²) in [5.74, 6) is -0.0309. The lowest BCUT2D eigenvalue weighted by atomic mass is 10.1. The number of hydrogen-bond donors (Lipinski definition) is 1. The molecule has 0 fully saturated rings. The lowest BCUT2D eigenvalue weighted by Gasteiger charge is -2.11. The number of esters is 1. The Morgan fingerprint density at radius 1 is 1.00 bits per heavy atom. The summed E-state index contributed by atoms with van der Waals surface area (Å²) in [6, 6.07) is 15.4. The molecule has 0 spiro atoms. The number of nitrogens with zero attached hydrogens (tertiary/aromatic N) is 1. The minimum Gasteiger partial charge on any atom is -0.494 e. The van der Waals surface area contributed by atoms with Crippen molar-refractivity contribution in [1.82, 2.24) is 4.57 Å². The summed E-state index contributed by atoms with van der Waals surface area (Å²) in [6.45, 7) is 5.60. The Morgan fingerprint density at radius 3 is 2.35 bits per heavy atom. The average molecular weight is 485 g/mol. The van der Waals surface area contributed by atoms with Crippen LogP contribution in [0.2, 0.25) is 0 Å². The van der Waals surface area contributed by atoms with Gasteiger partial charge >= 0.3 is 5.97 Å². The lowest BCUT2D eigenvalue weighted by molar-refractivity contribution is -0.142. The first kappa shape index (κ1) is 25.2. The monoisotopic (exact) mass is 484 g/mol. The Bertz CT molecular complexity index is 1290. The molecule has 34 heavy (non-hydrogen) atoms. The molecule has 1 aromatic heterocycles. The van der Waals surface area contributed by atoms with Crippen molar-refractivity contribution in [3.05, 3.63) is 77.1 Å². The molecule has 0 saturated carbocycles. The highest BCUT2D eigenvalue weighted by atomic mass is 32.2. The van der Waals surface area contributed by atoms with Crippen LogP contribution in [0.4, 0.5) is 0 Å². The predicted molar refractivity (Wildman–Crippen MR) is 128 cm³/mol. The van der Waals surface area contributed by atoms with Crippen LogP contribution in [0.1, 0.15) is 40.2 Å². The van der Waals surface area contributed by atoms with E-state index in [1.807, 2.05) is 42.7 Å². The Morgan fingerprint density at radius 2 is 1.71 bits per heavy atom. The molecule has 0 aliphatic carbocycles. The molecule has 0 radical (unpaired) electrons. The van der Waals surface area contributed by atoms with Crippen molar-refractivity contribution in [3.63, 3.8) is 0 Å². The molecule has 9 heteroatoms. The van der Waals surface area contributed by atoms with Gasteiger partial charge < -0.3 is 14.0 Å². The molecule has 2 N–H and O–H groups in total. The number of benzene rings is 2. The van der Waals surface area contributed by atoms with E-state index in [0.29, 0.717) is 30.0 Å². The number of aryl methyl sites for hydroxylation is 2. The minimum atomic E-state index is -3.79. The molecule has 0 amide bonds. The van der Waals surface area contributed by atoms with E-state index in [1.54, 1.807) is 25.1 Å². The third kappa shape index (κ3) is 6.33. The van der Waals surface area contributed by atoms with Crippen molar-refractivity contribution in [2.45, 2.75) is 38.5 Å². The van der Waals surface area contributed by atoms with Gasteiger partial charge in [0.1, 0.15) is 5.75 Å². The second-order valence-corrected chi connectivity index (χ2v) is 9.57. The first-order valence-corrected chi connectivity index (χ1v) is 12.3. The van der Waals surface area contributed by atoms with E-state index in [4.69, 9.17) is 14.6 Å². The van der Waals surface area contributed by atoms with Crippen LogP contribution in [0.5, 0.6) is 5.75 Å². The third-order valence-corrected chi connectivity index (χ3v) is 6.23. The van der Waals surface area contributed by atoms with E-state index in [-0.39, 0.29) is 23.7 Å². The van der Waals surface area contributed by atoms with E-state index in [1.165, 1.54) is 12.1 Å². The summed E-state index contributed by atoms with van der Waals surface area (Å²) in [5.41, 5.74) is 3.66. The van der Waals surface area contributed by atoms with Crippen LogP contribution in [-0.4, -0.2) is 38.0 Å². The quantitative estimate of drug-likeness (QED) is 0.267. The molecule has 1 heterocycles. The van der Waals surface area contributed by atoms with E-state index in [9.17, 15) is 18.0 Å². The van der Waals surface area contributed by atoms with Crippen LogP contribution in [0, 0.1) is 20.8 Å². The van der Waals surface area contributed by atoms with Gasteiger partial charge in [-0.2, -0.15) is 0 Å². The number of hydrogen-bond acceptors (Lipinski definition) is 6.